The van der Waals surface area contributed by atoms with Gasteiger partial charge in [-0.3, -0.25) is 0 Å². The lowest BCUT2D eigenvalue weighted by atomic mass is 10.2. The molecule has 0 spiro atoms. The van der Waals surface area contributed by atoms with Gasteiger partial charge in [-0.2, -0.15) is 13.2 Å². The first-order chi connectivity index (χ1) is 12.0. The van der Waals surface area contributed by atoms with Gasteiger partial charge in [0.15, 0.2) is 11.5 Å². The van der Waals surface area contributed by atoms with E-state index in [2.05, 4.69) is 25.1 Å². The van der Waals surface area contributed by atoms with Crippen molar-refractivity contribution in [3.05, 3.63) is 42.4 Å². The zero-order valence-corrected chi connectivity index (χ0v) is 13.2. The van der Waals surface area contributed by atoms with E-state index in [9.17, 15) is 13.2 Å². The number of para-hydroxylation sites is 1. The lowest BCUT2D eigenvalue weighted by molar-refractivity contribution is -0.141. The maximum absolute atomic E-state index is 12.6. The van der Waals surface area contributed by atoms with Crippen molar-refractivity contribution in [3.8, 4) is 0 Å². The topological polar surface area (TPSA) is 60.9 Å². The fourth-order valence-electron chi connectivity index (χ4n) is 3.03. The number of piperazine rings is 1. The predicted octanol–water partition coefficient (Wildman–Crippen LogP) is 2.70. The Morgan fingerprint density at radius 2 is 1.68 bits per heavy atom. The molecule has 0 atom stereocenters. The lowest BCUT2D eigenvalue weighted by Crippen LogP contribution is -2.47. The first kappa shape index (κ1) is 15.7. The van der Waals surface area contributed by atoms with Crippen LogP contribution in [0.15, 0.2) is 36.7 Å². The van der Waals surface area contributed by atoms with Gasteiger partial charge in [0.25, 0.3) is 0 Å². The van der Waals surface area contributed by atoms with Crippen LogP contribution in [0.1, 0.15) is 5.69 Å². The quantitative estimate of drug-likeness (QED) is 0.772. The van der Waals surface area contributed by atoms with Crippen LogP contribution < -0.4 is 9.80 Å². The molecular formula is C16H15F3N6. The van der Waals surface area contributed by atoms with E-state index in [1.54, 1.807) is 6.33 Å². The third-order valence-electron chi connectivity index (χ3n) is 4.31. The van der Waals surface area contributed by atoms with Gasteiger partial charge in [-0.25, -0.2) is 4.98 Å². The zero-order valence-electron chi connectivity index (χ0n) is 13.2. The molecule has 3 heterocycles. The number of halogens is 3. The smallest absolute Gasteiger partial charge is 0.366 e. The van der Waals surface area contributed by atoms with Gasteiger partial charge < -0.3 is 14.8 Å². The Morgan fingerprint density at radius 1 is 0.920 bits per heavy atom. The number of aromatic nitrogens is 4. The summed E-state index contributed by atoms with van der Waals surface area (Å²) in [5, 5.41) is 7.02. The first-order valence-electron chi connectivity index (χ1n) is 7.85. The molecule has 2 aromatic heterocycles. The number of hydrogen-bond donors (Lipinski definition) is 1. The summed E-state index contributed by atoms with van der Waals surface area (Å²) in [6.45, 7) is 2.77. The van der Waals surface area contributed by atoms with Gasteiger partial charge in [0.1, 0.15) is 5.52 Å². The Hall–Kier alpha value is -2.84. The highest BCUT2D eigenvalue weighted by Gasteiger charge is 2.33. The fraction of sp³-hybridized carbons (Fsp3) is 0.312. The molecule has 1 N–H and O–H groups in total. The van der Waals surface area contributed by atoms with E-state index in [0.29, 0.717) is 18.9 Å². The molecule has 0 radical (unpaired) electrons. The number of aromatic amines is 1. The molecule has 1 fully saturated rings. The third-order valence-corrected chi connectivity index (χ3v) is 4.31. The average molecular weight is 348 g/mol. The van der Waals surface area contributed by atoms with Crippen LogP contribution in [0.5, 0.6) is 0 Å². The molecule has 4 rings (SSSR count). The highest BCUT2D eigenvalue weighted by molar-refractivity contribution is 5.88. The second-order valence-electron chi connectivity index (χ2n) is 5.82. The Bertz CT molecular complexity index is 865. The molecule has 0 bridgehead atoms. The minimum Gasteiger partial charge on any atom is -0.366 e. The Labute approximate surface area is 141 Å². The van der Waals surface area contributed by atoms with E-state index in [-0.39, 0.29) is 0 Å². The molecule has 1 aliphatic rings. The number of anilines is 2. The standard InChI is InChI=1S/C16H15F3N6/c17-16(18,19)13-4-5-14(23-22-13)25-8-6-24(7-9-25)12-3-1-2-11-15(12)21-10-20-11/h1-5,10H,6-9H2,(H,20,21). The second kappa shape index (κ2) is 5.91. The molecule has 9 heteroatoms. The summed E-state index contributed by atoms with van der Waals surface area (Å²) >= 11 is 0. The van der Waals surface area contributed by atoms with E-state index in [0.717, 1.165) is 35.9 Å². The van der Waals surface area contributed by atoms with Crippen LogP contribution in [-0.4, -0.2) is 46.3 Å². The molecule has 1 aliphatic heterocycles. The molecule has 1 aromatic carbocycles. The molecule has 25 heavy (non-hydrogen) atoms. The van der Waals surface area contributed by atoms with E-state index < -0.39 is 11.9 Å². The van der Waals surface area contributed by atoms with E-state index in [1.165, 1.54) is 6.07 Å². The number of alkyl halides is 3. The molecule has 0 aliphatic carbocycles. The maximum atomic E-state index is 12.6. The van der Waals surface area contributed by atoms with Crippen LogP contribution >= 0.6 is 0 Å². The third kappa shape index (κ3) is 2.97. The minimum absolute atomic E-state index is 0.464. The van der Waals surface area contributed by atoms with Gasteiger partial charge in [-0.05, 0) is 24.3 Å². The van der Waals surface area contributed by atoms with Crippen molar-refractivity contribution in [1.29, 1.82) is 0 Å². The van der Waals surface area contributed by atoms with E-state index in [1.807, 2.05) is 23.1 Å². The minimum atomic E-state index is -4.47. The van der Waals surface area contributed by atoms with Gasteiger partial charge >= 0.3 is 6.18 Å². The number of H-pyrrole nitrogens is 1. The highest BCUT2D eigenvalue weighted by atomic mass is 19.4. The van der Waals surface area contributed by atoms with Crippen LogP contribution in [0.25, 0.3) is 11.0 Å². The number of imidazole rings is 1. The molecule has 130 valence electrons. The van der Waals surface area contributed by atoms with Crippen molar-refractivity contribution >= 4 is 22.5 Å². The summed E-state index contributed by atoms with van der Waals surface area (Å²) in [4.78, 5) is 11.6. The number of fused-ring (bicyclic) bond motifs is 1. The second-order valence-corrected chi connectivity index (χ2v) is 5.82. The predicted molar refractivity (Wildman–Crippen MR) is 87.6 cm³/mol. The van der Waals surface area contributed by atoms with Crippen LogP contribution in [0.2, 0.25) is 0 Å². The Balaban J connectivity index is 1.47. The molecule has 1 saturated heterocycles. The summed E-state index contributed by atoms with van der Waals surface area (Å²) in [5.41, 5.74) is 1.98. The van der Waals surface area contributed by atoms with E-state index in [4.69, 9.17) is 0 Å². The molecular weight excluding hydrogens is 333 g/mol. The SMILES string of the molecule is FC(F)(F)c1ccc(N2CCN(c3cccc4[nH]cnc34)CC2)nn1. The molecule has 0 unspecified atom stereocenters. The van der Waals surface area contributed by atoms with Crippen LogP contribution in [0.4, 0.5) is 24.7 Å². The largest absolute Gasteiger partial charge is 0.435 e. The lowest BCUT2D eigenvalue weighted by Gasteiger charge is -2.36. The molecule has 0 amide bonds. The fourth-order valence-corrected chi connectivity index (χ4v) is 3.03. The van der Waals surface area contributed by atoms with Gasteiger partial charge in [0, 0.05) is 26.2 Å². The number of nitrogens with zero attached hydrogens (tertiary/aromatic N) is 5. The maximum Gasteiger partial charge on any atom is 0.435 e. The summed E-state index contributed by atoms with van der Waals surface area (Å²) < 4.78 is 37.7. The first-order valence-corrected chi connectivity index (χ1v) is 7.85. The van der Waals surface area contributed by atoms with Crippen LogP contribution in [-0.2, 0) is 6.18 Å². The zero-order chi connectivity index (χ0) is 17.4. The van der Waals surface area contributed by atoms with Crippen molar-refractivity contribution < 1.29 is 13.2 Å². The summed E-state index contributed by atoms with van der Waals surface area (Å²) in [6, 6.07) is 8.32. The number of hydrogen-bond acceptors (Lipinski definition) is 5. The van der Waals surface area contributed by atoms with Crippen molar-refractivity contribution in [2.24, 2.45) is 0 Å². The average Bonchev–Trinajstić information content (AvgIpc) is 3.10. The van der Waals surface area contributed by atoms with Crippen molar-refractivity contribution in [1.82, 2.24) is 20.2 Å². The number of nitrogens with one attached hydrogen (secondary N) is 1. The van der Waals surface area contributed by atoms with Crippen molar-refractivity contribution in [2.45, 2.75) is 6.18 Å². The summed E-state index contributed by atoms with van der Waals surface area (Å²) in [6.07, 6.45) is -2.80. The number of benzene rings is 1. The van der Waals surface area contributed by atoms with Gasteiger partial charge in [-0.1, -0.05) is 6.07 Å². The Kier molecular flexibility index (Phi) is 3.70. The molecule has 3 aromatic rings. The molecule has 0 saturated carbocycles. The van der Waals surface area contributed by atoms with Gasteiger partial charge in [0.05, 0.1) is 17.5 Å². The van der Waals surface area contributed by atoms with Gasteiger partial charge in [-0.15, -0.1) is 10.2 Å². The van der Waals surface area contributed by atoms with Gasteiger partial charge in [0.2, 0.25) is 0 Å². The monoisotopic (exact) mass is 348 g/mol. The van der Waals surface area contributed by atoms with Crippen molar-refractivity contribution in [3.63, 3.8) is 0 Å². The Morgan fingerprint density at radius 3 is 2.36 bits per heavy atom. The van der Waals surface area contributed by atoms with Crippen molar-refractivity contribution in [2.75, 3.05) is 36.0 Å². The molecule has 6 nitrogen and oxygen atoms in total. The van der Waals surface area contributed by atoms with Crippen LogP contribution in [0, 0.1) is 0 Å². The normalized spacial score (nSPS) is 15.8. The summed E-state index contributed by atoms with van der Waals surface area (Å²) in [7, 11) is 0. The van der Waals surface area contributed by atoms with Crippen LogP contribution in [0.3, 0.4) is 0 Å². The van der Waals surface area contributed by atoms with E-state index >= 15 is 0 Å². The number of rotatable bonds is 2. The highest BCUT2D eigenvalue weighted by Crippen LogP contribution is 2.28. The summed E-state index contributed by atoms with van der Waals surface area (Å²) in [5.74, 6) is 0.464.